The Hall–Kier alpha value is -3.12. The average molecular weight is 510 g/mol. The molecule has 1 atom stereocenters. The van der Waals surface area contributed by atoms with E-state index in [-0.39, 0.29) is 38.0 Å². The van der Waals surface area contributed by atoms with Gasteiger partial charge < -0.3 is 34.7 Å². The second kappa shape index (κ2) is 15.8. The van der Waals surface area contributed by atoms with Gasteiger partial charge in [-0.15, -0.1) is 0 Å². The molecule has 1 amide bonds. The summed E-state index contributed by atoms with van der Waals surface area (Å²) in [7, 11) is 1.58. The van der Waals surface area contributed by atoms with Gasteiger partial charge in [0, 0.05) is 25.8 Å². The van der Waals surface area contributed by atoms with E-state index in [4.69, 9.17) is 34.8 Å². The van der Waals surface area contributed by atoms with Crippen molar-refractivity contribution in [3.05, 3.63) is 64.7 Å². The predicted molar refractivity (Wildman–Crippen MR) is 129 cm³/mol. The van der Waals surface area contributed by atoms with Gasteiger partial charge >= 0.3 is 0 Å². The van der Waals surface area contributed by atoms with Crippen molar-refractivity contribution in [2.75, 3.05) is 53.4 Å². The zero-order chi connectivity index (χ0) is 26.3. The Kier molecular flexibility index (Phi) is 12.8. The monoisotopic (exact) mass is 509 g/mol. The molecule has 0 saturated carbocycles. The molecular weight excluding hydrogens is 476 g/mol. The summed E-state index contributed by atoms with van der Waals surface area (Å²) < 4.78 is 56.1. The maximum atomic E-state index is 15.2. The van der Waals surface area contributed by atoms with Gasteiger partial charge in [0.05, 0.1) is 38.6 Å². The Morgan fingerprint density at radius 2 is 1.64 bits per heavy atom. The first-order chi connectivity index (χ1) is 17.4. The van der Waals surface area contributed by atoms with Crippen LogP contribution in [0.2, 0.25) is 0 Å². The summed E-state index contributed by atoms with van der Waals surface area (Å²) in [6, 6.07) is 8.84. The van der Waals surface area contributed by atoms with Crippen molar-refractivity contribution in [1.82, 2.24) is 5.32 Å². The molecule has 0 aliphatic rings. The van der Waals surface area contributed by atoms with Crippen LogP contribution in [0.5, 0.6) is 5.75 Å². The number of nitrogen functional groups attached to an aromatic ring is 1. The van der Waals surface area contributed by atoms with Crippen molar-refractivity contribution in [1.29, 1.82) is 5.41 Å². The molecule has 36 heavy (non-hydrogen) atoms. The summed E-state index contributed by atoms with van der Waals surface area (Å²) in [6.45, 7) is 3.60. The Morgan fingerprint density at radius 3 is 2.25 bits per heavy atom. The van der Waals surface area contributed by atoms with E-state index in [0.717, 1.165) is 12.1 Å². The minimum Gasteiger partial charge on any atom is -0.488 e. The number of nitrogens with one attached hydrogen (secondary N) is 2. The zero-order valence-electron chi connectivity index (χ0n) is 20.5. The molecule has 0 heterocycles. The molecule has 9 nitrogen and oxygen atoms in total. The normalized spacial score (nSPS) is 11.8. The molecule has 0 aromatic heterocycles. The number of hydrogen-bond donors (Lipinski definition) is 3. The zero-order valence-corrected chi connectivity index (χ0v) is 20.5. The summed E-state index contributed by atoms with van der Waals surface area (Å²) in [5.74, 6) is -2.95. The first-order valence-electron chi connectivity index (χ1n) is 11.5. The van der Waals surface area contributed by atoms with Crippen LogP contribution in [0, 0.1) is 17.0 Å². The molecule has 0 spiro atoms. The van der Waals surface area contributed by atoms with Crippen LogP contribution in [-0.4, -0.2) is 65.1 Å². The van der Waals surface area contributed by atoms with Crippen molar-refractivity contribution >= 4 is 11.7 Å². The third-order valence-corrected chi connectivity index (χ3v) is 4.95. The number of amidine groups is 1. The maximum Gasteiger partial charge on any atom is 0.254 e. The summed E-state index contributed by atoms with van der Waals surface area (Å²) in [5, 5.41) is 10.1. The van der Waals surface area contributed by atoms with E-state index in [0.29, 0.717) is 37.6 Å². The fourth-order valence-corrected chi connectivity index (χ4v) is 3.12. The Bertz CT molecular complexity index is 975. The summed E-state index contributed by atoms with van der Waals surface area (Å²) in [4.78, 5) is 12.8. The highest BCUT2D eigenvalue weighted by Crippen LogP contribution is 2.30. The van der Waals surface area contributed by atoms with E-state index in [9.17, 15) is 9.18 Å². The molecule has 11 heteroatoms. The highest BCUT2D eigenvalue weighted by atomic mass is 19.1. The van der Waals surface area contributed by atoms with Crippen molar-refractivity contribution < 1.29 is 37.3 Å². The standard InChI is InChI=1S/C25H33F2N3O6/c1-3-35-23(25(31)30-16-17-4-6-18(7-5-17)24(28)29)21-19(26)8-9-20(22(21)27)36-15-14-34-13-12-33-11-10-32-2/h4-9,23H,3,10-16H2,1-2H3,(H3,28,29)(H,30,31)/t23-/m0/s1. The van der Waals surface area contributed by atoms with Crippen LogP contribution in [0.4, 0.5) is 8.78 Å². The fourth-order valence-electron chi connectivity index (χ4n) is 3.12. The van der Waals surface area contributed by atoms with Gasteiger partial charge in [0.2, 0.25) is 0 Å². The summed E-state index contributed by atoms with van der Waals surface area (Å²) >= 11 is 0. The van der Waals surface area contributed by atoms with Gasteiger partial charge in [-0.2, -0.15) is 0 Å². The number of ether oxygens (including phenoxy) is 5. The maximum absolute atomic E-state index is 15.2. The molecule has 2 aromatic carbocycles. The fraction of sp³-hybridized carbons (Fsp3) is 0.440. The first-order valence-corrected chi connectivity index (χ1v) is 11.5. The van der Waals surface area contributed by atoms with E-state index in [1.165, 1.54) is 0 Å². The number of carbonyl (C=O) groups is 1. The van der Waals surface area contributed by atoms with Crippen LogP contribution in [0.1, 0.15) is 29.7 Å². The minimum absolute atomic E-state index is 0.0157. The van der Waals surface area contributed by atoms with Gasteiger partial charge in [-0.05, 0) is 24.6 Å². The van der Waals surface area contributed by atoms with Gasteiger partial charge in [-0.1, -0.05) is 24.3 Å². The molecule has 2 rings (SSSR count). The SMILES string of the molecule is CCO[C@H](C(=O)NCc1ccc(C(=N)N)cc1)c1c(F)ccc(OCCOCCOCCOC)c1F. The highest BCUT2D eigenvalue weighted by Gasteiger charge is 2.29. The largest absolute Gasteiger partial charge is 0.488 e. The topological polar surface area (TPSA) is 125 Å². The van der Waals surface area contributed by atoms with E-state index in [1.807, 2.05) is 0 Å². The van der Waals surface area contributed by atoms with Crippen LogP contribution >= 0.6 is 0 Å². The van der Waals surface area contributed by atoms with E-state index in [2.05, 4.69) is 5.32 Å². The summed E-state index contributed by atoms with van der Waals surface area (Å²) in [6.07, 6.45) is -1.52. The van der Waals surface area contributed by atoms with E-state index >= 15 is 4.39 Å². The third-order valence-electron chi connectivity index (χ3n) is 4.95. The quantitative estimate of drug-likeness (QED) is 0.170. The van der Waals surface area contributed by atoms with Crippen LogP contribution in [0.3, 0.4) is 0 Å². The van der Waals surface area contributed by atoms with E-state index in [1.54, 1.807) is 38.3 Å². The number of carbonyl (C=O) groups excluding carboxylic acids is 1. The summed E-state index contributed by atoms with van der Waals surface area (Å²) in [5.41, 5.74) is 6.15. The number of rotatable bonds is 17. The number of methoxy groups -OCH3 is 1. The van der Waals surface area contributed by atoms with Crippen molar-refractivity contribution in [3.63, 3.8) is 0 Å². The van der Waals surface area contributed by atoms with Gasteiger partial charge in [0.15, 0.2) is 17.7 Å². The number of amides is 1. The Labute approximate surface area is 209 Å². The highest BCUT2D eigenvalue weighted by molar-refractivity contribution is 5.94. The number of benzene rings is 2. The lowest BCUT2D eigenvalue weighted by molar-refractivity contribution is -0.133. The molecule has 0 unspecified atom stereocenters. The van der Waals surface area contributed by atoms with Crippen LogP contribution < -0.4 is 15.8 Å². The molecule has 4 N–H and O–H groups in total. The van der Waals surface area contributed by atoms with Crippen LogP contribution in [-0.2, 0) is 30.3 Å². The van der Waals surface area contributed by atoms with Crippen molar-refractivity contribution in [2.24, 2.45) is 5.73 Å². The number of halogens is 2. The lowest BCUT2D eigenvalue weighted by Crippen LogP contribution is -2.32. The molecular formula is C25H33F2N3O6. The average Bonchev–Trinajstić information content (AvgIpc) is 2.87. The van der Waals surface area contributed by atoms with Gasteiger partial charge in [-0.3, -0.25) is 10.2 Å². The minimum atomic E-state index is -1.52. The van der Waals surface area contributed by atoms with Gasteiger partial charge in [0.1, 0.15) is 18.3 Å². The van der Waals surface area contributed by atoms with E-state index < -0.39 is 29.2 Å². The molecule has 0 fully saturated rings. The molecule has 2 aromatic rings. The van der Waals surface area contributed by atoms with Crippen LogP contribution in [0.15, 0.2) is 36.4 Å². The van der Waals surface area contributed by atoms with Gasteiger partial charge in [0.25, 0.3) is 5.91 Å². The lowest BCUT2D eigenvalue weighted by Gasteiger charge is -2.20. The second-order valence-corrected chi connectivity index (χ2v) is 7.50. The predicted octanol–water partition coefficient (Wildman–Crippen LogP) is 2.70. The van der Waals surface area contributed by atoms with Gasteiger partial charge in [-0.25, -0.2) is 8.78 Å². The molecule has 0 saturated heterocycles. The smallest absolute Gasteiger partial charge is 0.254 e. The Morgan fingerprint density at radius 1 is 1.00 bits per heavy atom. The van der Waals surface area contributed by atoms with Crippen molar-refractivity contribution in [2.45, 2.75) is 19.6 Å². The molecule has 0 radical (unpaired) electrons. The molecule has 0 aliphatic heterocycles. The third kappa shape index (κ3) is 9.15. The molecule has 0 bridgehead atoms. The molecule has 198 valence electrons. The lowest BCUT2D eigenvalue weighted by atomic mass is 10.1. The second-order valence-electron chi connectivity index (χ2n) is 7.50. The van der Waals surface area contributed by atoms with Crippen LogP contribution in [0.25, 0.3) is 0 Å². The first kappa shape index (κ1) is 29.1. The number of nitrogens with two attached hydrogens (primary N) is 1. The molecule has 0 aliphatic carbocycles. The Balaban J connectivity index is 1.97. The number of hydrogen-bond acceptors (Lipinski definition) is 7. The van der Waals surface area contributed by atoms with Crippen molar-refractivity contribution in [3.8, 4) is 5.75 Å².